The molecule has 0 atom stereocenters. The van der Waals surface area contributed by atoms with Crippen molar-refractivity contribution in [1.82, 2.24) is 4.57 Å². The molecule has 0 saturated carbocycles. The predicted octanol–water partition coefficient (Wildman–Crippen LogP) is 3.25. The molecule has 0 fully saturated rings. The third-order valence-electron chi connectivity index (χ3n) is 5.21. The van der Waals surface area contributed by atoms with Crippen molar-refractivity contribution in [2.45, 2.75) is 24.8 Å². The first-order chi connectivity index (χ1) is 16.7. The summed E-state index contributed by atoms with van der Waals surface area (Å²) < 4.78 is 30.6. The van der Waals surface area contributed by atoms with Gasteiger partial charge in [-0.3, -0.25) is 9.59 Å². The molecule has 0 bridgehead atoms. The van der Waals surface area contributed by atoms with Gasteiger partial charge in [0.25, 0.3) is 5.91 Å². The molecular formula is C25H23N3O5S2. The van der Waals surface area contributed by atoms with Gasteiger partial charge in [-0.1, -0.05) is 65.9 Å². The number of nitrogens with zero attached hydrogens (tertiary/aromatic N) is 2. The molecule has 2 N–H and O–H groups in total. The summed E-state index contributed by atoms with van der Waals surface area (Å²) in [5.41, 5.74) is 3.47. The maximum atomic E-state index is 12.8. The molecule has 0 spiro atoms. The van der Waals surface area contributed by atoms with E-state index in [1.54, 1.807) is 11.5 Å². The Morgan fingerprint density at radius 1 is 1.00 bits per heavy atom. The molecule has 10 heteroatoms. The summed E-state index contributed by atoms with van der Waals surface area (Å²) in [7, 11) is -3.91. The summed E-state index contributed by atoms with van der Waals surface area (Å²) in [5, 5.41) is 5.25. The summed E-state index contributed by atoms with van der Waals surface area (Å²) in [5.74, 6) is -0.888. The standard InChI is InChI=1S/C25H23N3O5S2/c1-2-33-24(30)16-28-21-13-12-20(35(26,31)32)15-22(21)34-25(28)27-23(29)14-17-8-10-19(11-9-17)18-6-4-3-5-7-18/h3-13,15H,2,14,16H2,1H3,(H2,26,31,32). The molecule has 35 heavy (non-hydrogen) atoms. The van der Waals surface area contributed by atoms with Gasteiger partial charge in [0.2, 0.25) is 10.0 Å². The molecule has 1 amide bonds. The second kappa shape index (κ2) is 10.3. The Hall–Kier alpha value is -3.60. The van der Waals surface area contributed by atoms with Gasteiger partial charge in [-0.2, -0.15) is 4.99 Å². The van der Waals surface area contributed by atoms with Gasteiger partial charge in [-0.05, 0) is 41.8 Å². The molecule has 0 saturated heterocycles. The number of primary sulfonamides is 1. The van der Waals surface area contributed by atoms with Crippen molar-refractivity contribution in [1.29, 1.82) is 0 Å². The zero-order valence-electron chi connectivity index (χ0n) is 18.9. The molecule has 0 aliphatic carbocycles. The number of carbonyl (C=O) groups excluding carboxylic acids is 2. The van der Waals surface area contributed by atoms with E-state index in [9.17, 15) is 18.0 Å². The minimum atomic E-state index is -3.91. The van der Waals surface area contributed by atoms with E-state index in [0.717, 1.165) is 28.0 Å². The van der Waals surface area contributed by atoms with E-state index < -0.39 is 21.9 Å². The highest BCUT2D eigenvalue weighted by Crippen LogP contribution is 2.22. The Morgan fingerprint density at radius 2 is 1.69 bits per heavy atom. The molecule has 0 unspecified atom stereocenters. The number of hydrogen-bond donors (Lipinski definition) is 1. The van der Waals surface area contributed by atoms with E-state index in [0.29, 0.717) is 10.2 Å². The van der Waals surface area contributed by atoms with Gasteiger partial charge in [-0.15, -0.1) is 0 Å². The highest BCUT2D eigenvalue weighted by atomic mass is 32.2. The number of sulfonamides is 1. The van der Waals surface area contributed by atoms with Crippen LogP contribution in [0.4, 0.5) is 0 Å². The van der Waals surface area contributed by atoms with E-state index in [4.69, 9.17) is 9.88 Å². The van der Waals surface area contributed by atoms with Crippen molar-refractivity contribution in [3.05, 3.63) is 83.2 Å². The van der Waals surface area contributed by atoms with Crippen LogP contribution in [0.15, 0.2) is 82.7 Å². The average Bonchev–Trinajstić information content (AvgIpc) is 3.15. The van der Waals surface area contributed by atoms with Crippen molar-refractivity contribution in [3.8, 4) is 11.1 Å². The predicted molar refractivity (Wildman–Crippen MR) is 134 cm³/mol. The second-order valence-corrected chi connectivity index (χ2v) is 10.3. The van der Waals surface area contributed by atoms with Gasteiger partial charge in [0.05, 0.1) is 28.1 Å². The van der Waals surface area contributed by atoms with Gasteiger partial charge in [0.1, 0.15) is 6.54 Å². The Morgan fingerprint density at radius 3 is 2.34 bits per heavy atom. The normalized spacial score (nSPS) is 12.1. The zero-order valence-corrected chi connectivity index (χ0v) is 20.5. The number of ether oxygens (including phenoxy) is 1. The first-order valence-electron chi connectivity index (χ1n) is 10.8. The second-order valence-electron chi connectivity index (χ2n) is 7.70. The van der Waals surface area contributed by atoms with Gasteiger partial charge in [-0.25, -0.2) is 13.6 Å². The SMILES string of the molecule is CCOC(=O)Cn1c(=NC(=O)Cc2ccc(-c3ccccc3)cc2)sc2cc(S(N)(=O)=O)ccc21. The number of benzene rings is 3. The number of fused-ring (bicyclic) bond motifs is 1. The van der Waals surface area contributed by atoms with Gasteiger partial charge in [0, 0.05) is 0 Å². The molecule has 0 aliphatic heterocycles. The number of nitrogens with two attached hydrogens (primary N) is 1. The number of amides is 1. The van der Waals surface area contributed by atoms with E-state index in [-0.39, 0.29) is 29.3 Å². The number of carbonyl (C=O) groups is 2. The summed E-state index contributed by atoms with van der Waals surface area (Å²) in [6, 6.07) is 21.9. The van der Waals surface area contributed by atoms with Crippen LogP contribution in [0.5, 0.6) is 0 Å². The van der Waals surface area contributed by atoms with Gasteiger partial charge >= 0.3 is 5.97 Å². The van der Waals surface area contributed by atoms with Crippen LogP contribution in [0, 0.1) is 0 Å². The topological polar surface area (TPSA) is 121 Å². The summed E-state index contributed by atoms with van der Waals surface area (Å²) >= 11 is 1.10. The Balaban J connectivity index is 1.66. The highest BCUT2D eigenvalue weighted by molar-refractivity contribution is 7.89. The maximum Gasteiger partial charge on any atom is 0.326 e. The van der Waals surface area contributed by atoms with Crippen molar-refractivity contribution in [2.24, 2.45) is 10.1 Å². The fraction of sp³-hybridized carbons (Fsp3) is 0.160. The molecule has 8 nitrogen and oxygen atoms in total. The van der Waals surface area contributed by atoms with Crippen LogP contribution in [0.3, 0.4) is 0 Å². The van der Waals surface area contributed by atoms with Crippen LogP contribution in [0.25, 0.3) is 21.3 Å². The molecule has 1 aromatic heterocycles. The van der Waals surface area contributed by atoms with E-state index in [1.165, 1.54) is 18.2 Å². The molecule has 4 rings (SSSR count). The Kier molecular flexibility index (Phi) is 7.25. The summed E-state index contributed by atoms with van der Waals surface area (Å²) in [4.78, 5) is 29.4. The van der Waals surface area contributed by atoms with Crippen LogP contribution < -0.4 is 9.94 Å². The minimum absolute atomic E-state index is 0.0640. The van der Waals surface area contributed by atoms with E-state index >= 15 is 0 Å². The third kappa shape index (κ3) is 5.91. The first kappa shape index (κ1) is 24.5. The van der Waals surface area contributed by atoms with Crippen molar-refractivity contribution >= 4 is 43.5 Å². The van der Waals surface area contributed by atoms with Gasteiger partial charge in [0.15, 0.2) is 4.80 Å². The first-order valence-corrected chi connectivity index (χ1v) is 13.1. The lowest BCUT2D eigenvalue weighted by Gasteiger charge is -2.06. The smallest absolute Gasteiger partial charge is 0.326 e. The Labute approximate surface area is 206 Å². The lowest BCUT2D eigenvalue weighted by atomic mass is 10.0. The third-order valence-corrected chi connectivity index (χ3v) is 7.16. The lowest BCUT2D eigenvalue weighted by molar-refractivity contribution is -0.143. The molecule has 0 aliphatic rings. The average molecular weight is 510 g/mol. The highest BCUT2D eigenvalue weighted by Gasteiger charge is 2.16. The largest absolute Gasteiger partial charge is 0.465 e. The van der Waals surface area contributed by atoms with Crippen LogP contribution in [0.1, 0.15) is 12.5 Å². The van der Waals surface area contributed by atoms with Crippen LogP contribution in [0.2, 0.25) is 0 Å². The molecule has 0 radical (unpaired) electrons. The van der Waals surface area contributed by atoms with Crippen molar-refractivity contribution < 1.29 is 22.7 Å². The maximum absolute atomic E-state index is 12.8. The van der Waals surface area contributed by atoms with E-state index in [2.05, 4.69) is 4.99 Å². The van der Waals surface area contributed by atoms with Crippen molar-refractivity contribution in [3.63, 3.8) is 0 Å². The minimum Gasteiger partial charge on any atom is -0.465 e. The summed E-state index contributed by atoms with van der Waals surface area (Å²) in [6.45, 7) is 1.74. The molecular weight excluding hydrogens is 486 g/mol. The summed E-state index contributed by atoms with van der Waals surface area (Å²) in [6.07, 6.45) is 0.0746. The van der Waals surface area contributed by atoms with E-state index in [1.807, 2.05) is 54.6 Å². The lowest BCUT2D eigenvalue weighted by Crippen LogP contribution is -2.23. The van der Waals surface area contributed by atoms with Crippen LogP contribution in [-0.4, -0.2) is 31.5 Å². The van der Waals surface area contributed by atoms with Gasteiger partial charge < -0.3 is 9.30 Å². The quantitative estimate of drug-likeness (QED) is 0.384. The van der Waals surface area contributed by atoms with Crippen molar-refractivity contribution in [2.75, 3.05) is 6.61 Å². The van der Waals surface area contributed by atoms with Crippen LogP contribution in [-0.2, 0) is 37.3 Å². The molecule has 180 valence electrons. The number of aromatic nitrogens is 1. The fourth-order valence-corrected chi connectivity index (χ4v) is 5.27. The Bertz CT molecular complexity index is 1550. The molecule has 4 aromatic rings. The zero-order chi connectivity index (χ0) is 25.0. The monoisotopic (exact) mass is 509 g/mol. The number of esters is 1. The van der Waals surface area contributed by atoms with Crippen LogP contribution >= 0.6 is 11.3 Å². The number of rotatable bonds is 7. The molecule has 1 heterocycles. The number of thiazole rings is 1. The molecule has 3 aromatic carbocycles. The fourth-order valence-electron chi connectivity index (χ4n) is 3.57. The number of hydrogen-bond acceptors (Lipinski definition) is 6.